The Morgan fingerprint density at radius 2 is 2.12 bits per heavy atom. The zero-order valence-electron chi connectivity index (χ0n) is 10.9. The summed E-state index contributed by atoms with van der Waals surface area (Å²) < 4.78 is 5.52. The fourth-order valence-electron chi connectivity index (χ4n) is 2.25. The first-order chi connectivity index (χ1) is 8.22. The summed E-state index contributed by atoms with van der Waals surface area (Å²) in [6.45, 7) is 7.43. The lowest BCUT2D eigenvalue weighted by Crippen LogP contribution is -2.42. The molecule has 0 radical (unpaired) electrons. The number of ether oxygens (including phenoxy) is 1. The maximum Gasteiger partial charge on any atom is 0.123 e. The largest absolute Gasteiger partial charge is 0.496 e. The van der Waals surface area contributed by atoms with Crippen molar-refractivity contribution < 1.29 is 4.74 Å². The van der Waals surface area contributed by atoms with Gasteiger partial charge in [-0.3, -0.25) is 0 Å². The number of methoxy groups -OCH3 is 1. The highest BCUT2D eigenvalue weighted by Gasteiger charge is 2.18. The van der Waals surface area contributed by atoms with Gasteiger partial charge in [0, 0.05) is 31.2 Å². The van der Waals surface area contributed by atoms with E-state index in [9.17, 15) is 0 Å². The predicted octanol–water partition coefficient (Wildman–Crippen LogP) is 2.05. The average Bonchev–Trinajstić information content (AvgIpc) is 2.39. The molecule has 0 saturated carbocycles. The Hall–Kier alpha value is -1.06. The second-order valence-corrected chi connectivity index (χ2v) is 4.87. The van der Waals surface area contributed by atoms with Gasteiger partial charge in [0.25, 0.3) is 0 Å². The van der Waals surface area contributed by atoms with E-state index in [2.05, 4.69) is 42.7 Å². The molecule has 0 amide bonds. The van der Waals surface area contributed by atoms with Crippen LogP contribution in [0.15, 0.2) is 18.2 Å². The normalized spacial score (nSPS) is 20.6. The fraction of sp³-hybridized carbons (Fsp3) is 0.571. The van der Waals surface area contributed by atoms with Crippen molar-refractivity contribution in [2.24, 2.45) is 0 Å². The Labute approximate surface area is 104 Å². The number of nitrogens with one attached hydrogen (secondary N) is 2. The molecule has 1 aliphatic heterocycles. The van der Waals surface area contributed by atoms with Gasteiger partial charge in [0.15, 0.2) is 0 Å². The third kappa shape index (κ3) is 2.79. The van der Waals surface area contributed by atoms with Crippen molar-refractivity contribution in [3.8, 4) is 5.75 Å². The molecule has 1 saturated heterocycles. The molecule has 1 aliphatic rings. The Morgan fingerprint density at radius 3 is 2.71 bits per heavy atom. The van der Waals surface area contributed by atoms with Gasteiger partial charge in [-0.15, -0.1) is 0 Å². The monoisotopic (exact) mass is 234 g/mol. The molecular formula is C14H22N2O. The highest BCUT2D eigenvalue weighted by molar-refractivity contribution is 5.41. The van der Waals surface area contributed by atoms with Crippen LogP contribution in [-0.4, -0.2) is 26.7 Å². The highest BCUT2D eigenvalue weighted by atomic mass is 16.5. The minimum absolute atomic E-state index is 0.361. The van der Waals surface area contributed by atoms with Crippen molar-refractivity contribution in [2.45, 2.75) is 25.8 Å². The quantitative estimate of drug-likeness (QED) is 0.840. The number of piperazine rings is 1. The summed E-state index contributed by atoms with van der Waals surface area (Å²) in [6.07, 6.45) is 0. The van der Waals surface area contributed by atoms with Crippen LogP contribution in [0.4, 0.5) is 0 Å². The lowest BCUT2D eigenvalue weighted by molar-refractivity contribution is 0.381. The SMILES string of the molecule is COc1cc(C(C)C)ccc1C1CNCCN1. The summed E-state index contributed by atoms with van der Waals surface area (Å²) in [7, 11) is 1.75. The van der Waals surface area contributed by atoms with Gasteiger partial charge in [0.05, 0.1) is 7.11 Å². The van der Waals surface area contributed by atoms with Crippen LogP contribution in [0.5, 0.6) is 5.75 Å². The average molecular weight is 234 g/mol. The molecule has 3 heteroatoms. The molecule has 2 rings (SSSR count). The van der Waals surface area contributed by atoms with Crippen molar-refractivity contribution in [2.75, 3.05) is 26.7 Å². The first-order valence-corrected chi connectivity index (χ1v) is 6.34. The lowest BCUT2D eigenvalue weighted by Gasteiger charge is -2.26. The third-order valence-corrected chi connectivity index (χ3v) is 3.34. The van der Waals surface area contributed by atoms with E-state index in [1.165, 1.54) is 11.1 Å². The topological polar surface area (TPSA) is 33.3 Å². The minimum Gasteiger partial charge on any atom is -0.496 e. The van der Waals surface area contributed by atoms with E-state index in [-0.39, 0.29) is 0 Å². The third-order valence-electron chi connectivity index (χ3n) is 3.34. The van der Waals surface area contributed by atoms with Gasteiger partial charge in [0.1, 0.15) is 5.75 Å². The summed E-state index contributed by atoms with van der Waals surface area (Å²) in [5, 5.41) is 6.92. The van der Waals surface area contributed by atoms with E-state index >= 15 is 0 Å². The van der Waals surface area contributed by atoms with Gasteiger partial charge in [0.2, 0.25) is 0 Å². The zero-order valence-corrected chi connectivity index (χ0v) is 10.9. The van der Waals surface area contributed by atoms with Crippen molar-refractivity contribution in [1.29, 1.82) is 0 Å². The van der Waals surface area contributed by atoms with Crippen LogP contribution in [0.3, 0.4) is 0 Å². The molecular weight excluding hydrogens is 212 g/mol. The van der Waals surface area contributed by atoms with Crippen LogP contribution in [0.25, 0.3) is 0 Å². The van der Waals surface area contributed by atoms with E-state index in [0.717, 1.165) is 25.4 Å². The van der Waals surface area contributed by atoms with Crippen molar-refractivity contribution in [3.63, 3.8) is 0 Å². The predicted molar refractivity (Wildman–Crippen MR) is 70.7 cm³/mol. The number of rotatable bonds is 3. The molecule has 0 aromatic heterocycles. The summed E-state index contributed by atoms with van der Waals surface area (Å²) in [5.41, 5.74) is 2.58. The maximum absolute atomic E-state index is 5.52. The Balaban J connectivity index is 2.26. The Bertz CT molecular complexity index is 370. The van der Waals surface area contributed by atoms with Crippen molar-refractivity contribution >= 4 is 0 Å². The molecule has 0 bridgehead atoms. The van der Waals surface area contributed by atoms with E-state index < -0.39 is 0 Å². The smallest absolute Gasteiger partial charge is 0.123 e. The fourth-order valence-corrected chi connectivity index (χ4v) is 2.25. The van der Waals surface area contributed by atoms with Crippen molar-refractivity contribution in [1.82, 2.24) is 10.6 Å². The van der Waals surface area contributed by atoms with Gasteiger partial charge in [-0.05, 0) is 17.5 Å². The summed E-state index contributed by atoms with van der Waals surface area (Å²) in [6, 6.07) is 6.92. The van der Waals surface area contributed by atoms with Gasteiger partial charge in [-0.2, -0.15) is 0 Å². The Morgan fingerprint density at radius 1 is 1.29 bits per heavy atom. The van der Waals surface area contributed by atoms with Crippen LogP contribution >= 0.6 is 0 Å². The molecule has 0 spiro atoms. The van der Waals surface area contributed by atoms with Crippen LogP contribution < -0.4 is 15.4 Å². The van der Waals surface area contributed by atoms with Gasteiger partial charge < -0.3 is 15.4 Å². The van der Waals surface area contributed by atoms with Crippen LogP contribution in [0.1, 0.15) is 36.9 Å². The van der Waals surface area contributed by atoms with Gasteiger partial charge >= 0.3 is 0 Å². The number of hydrogen-bond acceptors (Lipinski definition) is 3. The van der Waals surface area contributed by atoms with E-state index in [1.54, 1.807) is 7.11 Å². The lowest BCUT2D eigenvalue weighted by atomic mass is 9.97. The summed E-state index contributed by atoms with van der Waals surface area (Å²) in [5.74, 6) is 1.53. The maximum atomic E-state index is 5.52. The number of benzene rings is 1. The molecule has 1 aromatic rings. The first kappa shape index (κ1) is 12.4. The molecule has 1 unspecified atom stereocenters. The Kier molecular flexibility index (Phi) is 4.02. The second-order valence-electron chi connectivity index (χ2n) is 4.87. The van der Waals surface area contributed by atoms with Gasteiger partial charge in [-0.1, -0.05) is 26.0 Å². The molecule has 3 nitrogen and oxygen atoms in total. The molecule has 2 N–H and O–H groups in total. The van der Waals surface area contributed by atoms with Crippen LogP contribution in [-0.2, 0) is 0 Å². The standard InChI is InChI=1S/C14H22N2O/c1-10(2)11-4-5-12(14(8-11)17-3)13-9-15-6-7-16-13/h4-5,8,10,13,15-16H,6-7,9H2,1-3H3. The molecule has 1 heterocycles. The molecule has 1 fully saturated rings. The number of hydrogen-bond donors (Lipinski definition) is 2. The molecule has 17 heavy (non-hydrogen) atoms. The molecule has 1 atom stereocenters. The van der Waals surface area contributed by atoms with E-state index in [1.807, 2.05) is 0 Å². The van der Waals surface area contributed by atoms with E-state index in [4.69, 9.17) is 4.74 Å². The summed E-state index contributed by atoms with van der Waals surface area (Å²) in [4.78, 5) is 0. The molecule has 1 aromatic carbocycles. The van der Waals surface area contributed by atoms with Crippen molar-refractivity contribution in [3.05, 3.63) is 29.3 Å². The highest BCUT2D eigenvalue weighted by Crippen LogP contribution is 2.29. The van der Waals surface area contributed by atoms with Gasteiger partial charge in [-0.25, -0.2) is 0 Å². The zero-order chi connectivity index (χ0) is 12.3. The molecule has 0 aliphatic carbocycles. The minimum atomic E-state index is 0.361. The van der Waals surface area contributed by atoms with E-state index in [0.29, 0.717) is 12.0 Å². The van der Waals surface area contributed by atoms with Crippen LogP contribution in [0.2, 0.25) is 0 Å². The first-order valence-electron chi connectivity index (χ1n) is 6.34. The second kappa shape index (κ2) is 5.52. The summed E-state index contributed by atoms with van der Waals surface area (Å²) >= 11 is 0. The molecule has 94 valence electrons. The van der Waals surface area contributed by atoms with Crippen LogP contribution in [0, 0.1) is 0 Å².